The molecular formula is C12H23N3O. The average Bonchev–Trinajstić information content (AvgIpc) is 2.79. The Bertz CT molecular complexity index is 238. The summed E-state index contributed by atoms with van der Waals surface area (Å²) in [5, 5.41) is 6.34. The van der Waals surface area contributed by atoms with Crippen LogP contribution >= 0.6 is 0 Å². The van der Waals surface area contributed by atoms with Crippen LogP contribution in [0.1, 0.15) is 32.6 Å². The van der Waals surface area contributed by atoms with Gasteiger partial charge in [-0.25, -0.2) is 0 Å². The van der Waals surface area contributed by atoms with Crippen molar-refractivity contribution in [3.63, 3.8) is 0 Å². The lowest BCUT2D eigenvalue weighted by Crippen LogP contribution is -2.50. The van der Waals surface area contributed by atoms with E-state index in [1.807, 2.05) is 6.92 Å². The summed E-state index contributed by atoms with van der Waals surface area (Å²) in [6.45, 7) is 6.04. The maximum absolute atomic E-state index is 11.9. The van der Waals surface area contributed by atoms with Crippen LogP contribution in [0.3, 0.4) is 0 Å². The largest absolute Gasteiger partial charge is 0.355 e. The van der Waals surface area contributed by atoms with Crippen LogP contribution in [-0.4, -0.2) is 49.1 Å². The number of nitrogens with zero attached hydrogens (tertiary/aromatic N) is 1. The lowest BCUT2D eigenvalue weighted by atomic mass is 10.0. The zero-order valence-corrected chi connectivity index (χ0v) is 10.2. The van der Waals surface area contributed by atoms with Gasteiger partial charge in [0, 0.05) is 12.6 Å². The molecule has 0 aromatic carbocycles. The van der Waals surface area contributed by atoms with Gasteiger partial charge in [0.15, 0.2) is 0 Å². The van der Waals surface area contributed by atoms with E-state index in [-0.39, 0.29) is 11.9 Å². The normalized spacial score (nSPS) is 28.2. The first-order valence-electron chi connectivity index (χ1n) is 6.57. The zero-order valence-electron chi connectivity index (χ0n) is 10.2. The molecular weight excluding hydrogens is 202 g/mol. The Hall–Kier alpha value is -0.610. The van der Waals surface area contributed by atoms with Gasteiger partial charge in [-0.05, 0) is 52.2 Å². The maximum Gasteiger partial charge on any atom is 0.237 e. The van der Waals surface area contributed by atoms with Crippen LogP contribution in [0.15, 0.2) is 0 Å². The molecule has 4 nitrogen and oxygen atoms in total. The van der Waals surface area contributed by atoms with Gasteiger partial charge in [-0.1, -0.05) is 0 Å². The van der Waals surface area contributed by atoms with E-state index in [4.69, 9.17) is 0 Å². The van der Waals surface area contributed by atoms with Crippen molar-refractivity contribution in [2.75, 3.05) is 26.2 Å². The monoisotopic (exact) mass is 225 g/mol. The number of nitrogens with one attached hydrogen (secondary N) is 2. The van der Waals surface area contributed by atoms with Gasteiger partial charge in [0.2, 0.25) is 5.91 Å². The van der Waals surface area contributed by atoms with Crippen molar-refractivity contribution in [1.29, 1.82) is 0 Å². The summed E-state index contributed by atoms with van der Waals surface area (Å²) < 4.78 is 0. The number of rotatable bonds is 3. The number of likely N-dealkylation sites (N-methyl/N-ethyl adjacent to an activating group) is 1. The van der Waals surface area contributed by atoms with Gasteiger partial charge in [0.25, 0.3) is 0 Å². The lowest BCUT2D eigenvalue weighted by Gasteiger charge is -2.35. The van der Waals surface area contributed by atoms with E-state index in [1.165, 1.54) is 19.3 Å². The molecule has 0 spiro atoms. The Morgan fingerprint density at radius 1 is 1.38 bits per heavy atom. The quantitative estimate of drug-likeness (QED) is 0.728. The first-order chi connectivity index (χ1) is 7.83. The molecule has 2 aliphatic heterocycles. The minimum Gasteiger partial charge on any atom is -0.355 e. The van der Waals surface area contributed by atoms with Crippen LogP contribution < -0.4 is 10.6 Å². The molecule has 2 rings (SSSR count). The van der Waals surface area contributed by atoms with Gasteiger partial charge in [0.1, 0.15) is 0 Å². The minimum atomic E-state index is 0.142. The standard InChI is InChI=1S/C12H23N3O/c1-2-14-12(16)11-4-3-9-15(11)10-5-7-13-8-6-10/h10-11,13H,2-9H2,1H3,(H,14,16)/t11-/m0/s1. The molecule has 1 atom stereocenters. The molecule has 2 saturated heterocycles. The Balaban J connectivity index is 1.93. The zero-order chi connectivity index (χ0) is 11.4. The van der Waals surface area contributed by atoms with Crippen LogP contribution in [0.4, 0.5) is 0 Å². The second-order valence-corrected chi connectivity index (χ2v) is 4.77. The van der Waals surface area contributed by atoms with Crippen LogP contribution in [0.5, 0.6) is 0 Å². The number of likely N-dealkylation sites (tertiary alicyclic amines) is 1. The first kappa shape index (κ1) is 11.9. The number of amides is 1. The molecule has 2 heterocycles. The number of hydrogen-bond donors (Lipinski definition) is 2. The highest BCUT2D eigenvalue weighted by Gasteiger charge is 2.35. The van der Waals surface area contributed by atoms with Gasteiger partial charge in [0.05, 0.1) is 6.04 Å². The molecule has 2 aliphatic rings. The van der Waals surface area contributed by atoms with Crippen molar-refractivity contribution in [3.8, 4) is 0 Å². The van der Waals surface area contributed by atoms with Crippen LogP contribution in [0.2, 0.25) is 0 Å². The molecule has 16 heavy (non-hydrogen) atoms. The molecule has 2 fully saturated rings. The Morgan fingerprint density at radius 3 is 2.81 bits per heavy atom. The number of hydrogen-bond acceptors (Lipinski definition) is 3. The number of piperidine rings is 1. The molecule has 0 aromatic rings. The number of carbonyl (C=O) groups excluding carboxylic acids is 1. The predicted molar refractivity (Wildman–Crippen MR) is 64.3 cm³/mol. The summed E-state index contributed by atoms with van der Waals surface area (Å²) in [7, 11) is 0. The van der Waals surface area contributed by atoms with Crippen molar-refractivity contribution in [2.24, 2.45) is 0 Å². The second kappa shape index (κ2) is 5.64. The molecule has 4 heteroatoms. The van der Waals surface area contributed by atoms with Crippen LogP contribution in [0, 0.1) is 0 Å². The third-order valence-corrected chi connectivity index (χ3v) is 3.73. The fourth-order valence-corrected chi connectivity index (χ4v) is 2.94. The molecule has 2 N–H and O–H groups in total. The molecule has 92 valence electrons. The van der Waals surface area contributed by atoms with Gasteiger partial charge >= 0.3 is 0 Å². The van der Waals surface area contributed by atoms with Gasteiger partial charge < -0.3 is 10.6 Å². The van der Waals surface area contributed by atoms with E-state index < -0.39 is 0 Å². The highest BCUT2D eigenvalue weighted by Crippen LogP contribution is 2.24. The molecule has 0 aliphatic carbocycles. The lowest BCUT2D eigenvalue weighted by molar-refractivity contribution is -0.126. The smallest absolute Gasteiger partial charge is 0.237 e. The minimum absolute atomic E-state index is 0.142. The van der Waals surface area contributed by atoms with Crippen molar-refractivity contribution in [1.82, 2.24) is 15.5 Å². The summed E-state index contributed by atoms with van der Waals surface area (Å²) in [5.41, 5.74) is 0. The summed E-state index contributed by atoms with van der Waals surface area (Å²) >= 11 is 0. The van der Waals surface area contributed by atoms with E-state index in [0.717, 1.165) is 32.6 Å². The molecule has 0 unspecified atom stereocenters. The summed E-state index contributed by atoms with van der Waals surface area (Å²) in [4.78, 5) is 14.4. The van der Waals surface area contributed by atoms with Gasteiger partial charge in [-0.2, -0.15) is 0 Å². The fourth-order valence-electron chi connectivity index (χ4n) is 2.94. The second-order valence-electron chi connectivity index (χ2n) is 4.77. The third kappa shape index (κ3) is 2.55. The van der Waals surface area contributed by atoms with Crippen LogP contribution in [-0.2, 0) is 4.79 Å². The SMILES string of the molecule is CCNC(=O)[C@@H]1CCCN1C1CCNCC1. The maximum atomic E-state index is 11.9. The van der Waals surface area contributed by atoms with Gasteiger partial charge in [-0.3, -0.25) is 9.69 Å². The topological polar surface area (TPSA) is 44.4 Å². The molecule has 0 saturated carbocycles. The van der Waals surface area contributed by atoms with E-state index in [0.29, 0.717) is 6.04 Å². The van der Waals surface area contributed by atoms with Crippen LogP contribution in [0.25, 0.3) is 0 Å². The molecule has 0 bridgehead atoms. The summed E-state index contributed by atoms with van der Waals surface area (Å²) in [6.07, 6.45) is 4.59. The Kier molecular flexibility index (Phi) is 4.18. The molecule has 1 amide bonds. The van der Waals surface area contributed by atoms with Gasteiger partial charge in [-0.15, -0.1) is 0 Å². The average molecular weight is 225 g/mol. The Labute approximate surface area is 97.8 Å². The van der Waals surface area contributed by atoms with Crippen molar-refractivity contribution in [3.05, 3.63) is 0 Å². The van der Waals surface area contributed by atoms with E-state index in [9.17, 15) is 4.79 Å². The van der Waals surface area contributed by atoms with E-state index in [1.54, 1.807) is 0 Å². The summed E-state index contributed by atoms with van der Waals surface area (Å²) in [5.74, 6) is 0.235. The van der Waals surface area contributed by atoms with Crippen molar-refractivity contribution < 1.29 is 4.79 Å². The fraction of sp³-hybridized carbons (Fsp3) is 0.917. The van der Waals surface area contributed by atoms with Crippen molar-refractivity contribution >= 4 is 5.91 Å². The highest BCUT2D eigenvalue weighted by molar-refractivity contribution is 5.82. The summed E-state index contributed by atoms with van der Waals surface area (Å²) in [6, 6.07) is 0.763. The van der Waals surface area contributed by atoms with E-state index in [2.05, 4.69) is 15.5 Å². The van der Waals surface area contributed by atoms with E-state index >= 15 is 0 Å². The molecule has 0 aromatic heterocycles. The molecule has 0 radical (unpaired) electrons. The Morgan fingerprint density at radius 2 is 2.12 bits per heavy atom. The highest BCUT2D eigenvalue weighted by atomic mass is 16.2. The predicted octanol–water partition coefficient (Wildman–Crippen LogP) is 0.339. The third-order valence-electron chi connectivity index (χ3n) is 3.73. The number of carbonyl (C=O) groups is 1. The van der Waals surface area contributed by atoms with Crippen molar-refractivity contribution in [2.45, 2.75) is 44.7 Å². The first-order valence-corrected chi connectivity index (χ1v) is 6.57.